The number of hydroxylamine groups is 2. The van der Waals surface area contributed by atoms with Crippen LogP contribution >= 0.6 is 0 Å². The minimum absolute atomic E-state index is 0.225. The standard InChI is InChI=1S/C33H36F4N8O5/c1-19-26(21-15-23(30(47)43(4)17-21)29(46)41-32(2,3)33(35,36)37)42-45(22-9-7-6-8-10-22)28(19)40-31(48)39-24-18-44(13-14-49-5)50-27(24)20-11-12-38-25(34)16-20/h6-12,15-17,24,27H,13-14,18H2,1-5H3,(H,41,46)(H2,39,40,48)/t24-,27+/m1/s1. The molecule has 2 atom stereocenters. The molecule has 0 saturated carbocycles. The van der Waals surface area contributed by atoms with Crippen LogP contribution in [0.2, 0.25) is 0 Å². The molecule has 1 aliphatic heterocycles. The number of halogens is 4. The number of amides is 3. The van der Waals surface area contributed by atoms with Gasteiger partial charge in [-0.3, -0.25) is 19.7 Å². The second-order valence-corrected chi connectivity index (χ2v) is 12.2. The Morgan fingerprint density at radius 2 is 1.84 bits per heavy atom. The highest BCUT2D eigenvalue weighted by Crippen LogP contribution is 2.33. The number of anilines is 1. The van der Waals surface area contributed by atoms with Crippen LogP contribution in [0.4, 0.5) is 28.2 Å². The molecule has 1 saturated heterocycles. The van der Waals surface area contributed by atoms with E-state index in [1.807, 2.05) is 5.32 Å². The molecule has 3 N–H and O–H groups in total. The van der Waals surface area contributed by atoms with Crippen LogP contribution in [0.5, 0.6) is 0 Å². The van der Waals surface area contributed by atoms with Crippen LogP contribution in [0.3, 0.4) is 0 Å². The first-order valence-corrected chi connectivity index (χ1v) is 15.4. The summed E-state index contributed by atoms with van der Waals surface area (Å²) in [6.45, 7) is 4.23. The van der Waals surface area contributed by atoms with E-state index in [2.05, 4.69) is 20.7 Å². The second-order valence-electron chi connectivity index (χ2n) is 12.2. The number of hydrogen-bond acceptors (Lipinski definition) is 8. The number of carbonyl (C=O) groups excluding carboxylic acids is 2. The van der Waals surface area contributed by atoms with Crippen molar-refractivity contribution in [2.24, 2.45) is 7.05 Å². The molecule has 0 unspecified atom stereocenters. The van der Waals surface area contributed by atoms with Crippen molar-refractivity contribution < 1.29 is 36.7 Å². The number of ether oxygens (including phenoxy) is 1. The van der Waals surface area contributed by atoms with E-state index >= 15 is 0 Å². The molecule has 13 nitrogen and oxygen atoms in total. The Balaban J connectivity index is 1.49. The first-order chi connectivity index (χ1) is 23.6. The summed E-state index contributed by atoms with van der Waals surface area (Å²) in [5.74, 6) is -1.69. The summed E-state index contributed by atoms with van der Waals surface area (Å²) in [4.78, 5) is 49.2. The third-order valence-corrected chi connectivity index (χ3v) is 8.16. The average Bonchev–Trinajstić information content (AvgIpc) is 3.60. The number of benzene rings is 1. The summed E-state index contributed by atoms with van der Waals surface area (Å²) in [6.07, 6.45) is -2.83. The number of rotatable bonds is 10. The monoisotopic (exact) mass is 700 g/mol. The van der Waals surface area contributed by atoms with Crippen LogP contribution in [0.25, 0.3) is 16.9 Å². The van der Waals surface area contributed by atoms with Crippen LogP contribution in [0.15, 0.2) is 65.7 Å². The van der Waals surface area contributed by atoms with E-state index in [9.17, 15) is 31.9 Å². The fraction of sp³-hybridized carbons (Fsp3) is 0.364. The van der Waals surface area contributed by atoms with E-state index in [1.54, 1.807) is 55.5 Å². The van der Waals surface area contributed by atoms with Gasteiger partial charge in [-0.2, -0.15) is 27.7 Å². The van der Waals surface area contributed by atoms with Gasteiger partial charge in [-0.1, -0.05) is 18.2 Å². The van der Waals surface area contributed by atoms with Crippen molar-refractivity contribution >= 4 is 17.8 Å². The van der Waals surface area contributed by atoms with E-state index < -0.39 is 52.9 Å². The first kappa shape index (κ1) is 36.2. The smallest absolute Gasteiger partial charge is 0.383 e. The Kier molecular flexibility index (Phi) is 10.4. The molecule has 0 spiro atoms. The van der Waals surface area contributed by atoms with Gasteiger partial charge in [-0.05, 0) is 56.7 Å². The van der Waals surface area contributed by atoms with Crippen molar-refractivity contribution in [3.8, 4) is 16.9 Å². The Labute approximate surface area is 284 Å². The maximum absolute atomic E-state index is 14.0. The summed E-state index contributed by atoms with van der Waals surface area (Å²) in [7, 11) is 2.90. The number of carbonyl (C=O) groups is 2. The van der Waals surface area contributed by atoms with Crippen LogP contribution in [-0.4, -0.2) is 80.9 Å². The Morgan fingerprint density at radius 3 is 2.50 bits per heavy atom. The van der Waals surface area contributed by atoms with Gasteiger partial charge < -0.3 is 19.9 Å². The zero-order valence-corrected chi connectivity index (χ0v) is 27.8. The highest BCUT2D eigenvalue weighted by Gasteiger charge is 2.48. The molecule has 0 aliphatic carbocycles. The number of nitrogens with one attached hydrogen (secondary N) is 3. The molecule has 4 aromatic rings. The number of alkyl halides is 3. The maximum Gasteiger partial charge on any atom is 0.410 e. The molecule has 3 amide bonds. The Hall–Kier alpha value is -5.13. The molecular formula is C33H36F4N8O5. The summed E-state index contributed by atoms with van der Waals surface area (Å²) in [6, 6.07) is 11.5. The van der Waals surface area contributed by atoms with E-state index in [-0.39, 0.29) is 23.6 Å². The number of aromatic nitrogens is 4. The van der Waals surface area contributed by atoms with Gasteiger partial charge in [0.25, 0.3) is 11.5 Å². The number of nitrogens with zero attached hydrogens (tertiary/aromatic N) is 5. The van der Waals surface area contributed by atoms with Crippen LogP contribution in [0, 0.1) is 12.9 Å². The van der Waals surface area contributed by atoms with Crippen molar-refractivity contribution in [1.29, 1.82) is 0 Å². The predicted octanol–water partition coefficient (Wildman–Crippen LogP) is 4.28. The van der Waals surface area contributed by atoms with Crippen molar-refractivity contribution in [2.45, 2.75) is 44.6 Å². The third-order valence-electron chi connectivity index (χ3n) is 8.16. The largest absolute Gasteiger partial charge is 0.410 e. The summed E-state index contributed by atoms with van der Waals surface area (Å²) < 4.78 is 62.3. The molecule has 5 rings (SSSR count). The Bertz CT molecular complexity index is 1930. The fourth-order valence-electron chi connectivity index (χ4n) is 5.35. The summed E-state index contributed by atoms with van der Waals surface area (Å²) in [5.41, 5.74) is -2.06. The van der Waals surface area contributed by atoms with Crippen LogP contribution < -0.4 is 21.5 Å². The van der Waals surface area contributed by atoms with Crippen molar-refractivity contribution in [2.75, 3.05) is 32.1 Å². The summed E-state index contributed by atoms with van der Waals surface area (Å²) >= 11 is 0. The fourth-order valence-corrected chi connectivity index (χ4v) is 5.35. The van der Waals surface area contributed by atoms with Crippen LogP contribution in [-0.2, 0) is 16.6 Å². The lowest BCUT2D eigenvalue weighted by molar-refractivity contribution is -0.182. The van der Waals surface area contributed by atoms with E-state index in [0.29, 0.717) is 30.0 Å². The molecule has 0 bridgehead atoms. The molecule has 1 fully saturated rings. The predicted molar refractivity (Wildman–Crippen MR) is 174 cm³/mol. The number of methoxy groups -OCH3 is 1. The van der Waals surface area contributed by atoms with Gasteiger partial charge >= 0.3 is 12.2 Å². The molecule has 50 heavy (non-hydrogen) atoms. The average molecular weight is 701 g/mol. The lowest BCUT2D eigenvalue weighted by Crippen LogP contribution is -2.55. The molecule has 0 radical (unpaired) electrons. The molecule has 3 aromatic heterocycles. The van der Waals surface area contributed by atoms with Gasteiger partial charge in [-0.25, -0.2) is 14.5 Å². The number of pyridine rings is 2. The molecule has 17 heteroatoms. The molecular weight excluding hydrogens is 664 g/mol. The SMILES string of the molecule is COCCN1C[C@@H](NC(=O)Nc2c(C)c(-c3cc(C(=O)NC(C)(C)C(F)(F)F)c(=O)n(C)c3)nn2-c2ccccc2)[C@H](c2ccnc(F)c2)O1. The maximum atomic E-state index is 14.0. The Morgan fingerprint density at radius 1 is 1.12 bits per heavy atom. The number of para-hydroxylation sites is 1. The van der Waals surface area contributed by atoms with Crippen molar-refractivity contribution in [1.82, 2.24) is 35.0 Å². The highest BCUT2D eigenvalue weighted by molar-refractivity contribution is 5.96. The van der Waals surface area contributed by atoms with Gasteiger partial charge in [0.05, 0.1) is 24.0 Å². The lowest BCUT2D eigenvalue weighted by Gasteiger charge is -2.28. The second kappa shape index (κ2) is 14.4. The topological polar surface area (TPSA) is 145 Å². The quantitative estimate of drug-likeness (QED) is 0.164. The normalized spacial score (nSPS) is 16.7. The third kappa shape index (κ3) is 7.69. The zero-order valence-electron chi connectivity index (χ0n) is 27.8. The first-order valence-electron chi connectivity index (χ1n) is 15.4. The lowest BCUT2D eigenvalue weighted by atomic mass is 10.0. The van der Waals surface area contributed by atoms with Gasteiger partial charge in [0, 0.05) is 50.8 Å². The number of urea groups is 1. The molecule has 1 aromatic carbocycles. The number of hydrogen-bond donors (Lipinski definition) is 3. The zero-order chi connectivity index (χ0) is 36.4. The van der Waals surface area contributed by atoms with Gasteiger partial charge in [0.2, 0.25) is 5.95 Å². The molecule has 266 valence electrons. The number of aryl methyl sites for hydroxylation is 1. The van der Waals surface area contributed by atoms with Crippen LogP contribution in [0.1, 0.15) is 41.4 Å². The van der Waals surface area contributed by atoms with Crippen molar-refractivity contribution in [3.63, 3.8) is 0 Å². The molecule has 4 heterocycles. The molecule has 1 aliphatic rings. The van der Waals surface area contributed by atoms with E-state index in [0.717, 1.165) is 18.4 Å². The van der Waals surface area contributed by atoms with Crippen molar-refractivity contribution in [3.05, 3.63) is 93.9 Å². The van der Waals surface area contributed by atoms with E-state index in [1.165, 1.54) is 36.3 Å². The summed E-state index contributed by atoms with van der Waals surface area (Å²) in [5, 5.41) is 13.9. The van der Waals surface area contributed by atoms with E-state index in [4.69, 9.17) is 9.57 Å². The minimum atomic E-state index is -4.78. The van der Waals surface area contributed by atoms with Gasteiger partial charge in [-0.15, -0.1) is 0 Å². The van der Waals surface area contributed by atoms with Gasteiger partial charge in [0.1, 0.15) is 23.0 Å². The highest BCUT2D eigenvalue weighted by atomic mass is 19.4. The van der Waals surface area contributed by atoms with Gasteiger partial charge in [0.15, 0.2) is 0 Å². The minimum Gasteiger partial charge on any atom is -0.383 e.